The quantitative estimate of drug-likeness (QED) is 0.0345. The van der Waals surface area contributed by atoms with Gasteiger partial charge in [-0.1, -0.05) is 270 Å². The van der Waals surface area contributed by atoms with Crippen LogP contribution < -0.4 is 0 Å². The highest BCUT2D eigenvalue weighted by Gasteiger charge is 2.27. The summed E-state index contributed by atoms with van der Waals surface area (Å²) in [6, 6.07) is 29.0. The summed E-state index contributed by atoms with van der Waals surface area (Å²) in [6.45, 7) is 28.4. The summed E-state index contributed by atoms with van der Waals surface area (Å²) in [5.41, 5.74) is 7.34. The van der Waals surface area contributed by atoms with Crippen molar-refractivity contribution >= 4 is 12.4 Å². The summed E-state index contributed by atoms with van der Waals surface area (Å²) in [7, 11) is 0. The van der Waals surface area contributed by atoms with Gasteiger partial charge in [0, 0.05) is 47.8 Å². The van der Waals surface area contributed by atoms with Gasteiger partial charge in [-0.3, -0.25) is 19.8 Å². The van der Waals surface area contributed by atoms with Crippen molar-refractivity contribution in [1.29, 1.82) is 0 Å². The van der Waals surface area contributed by atoms with Crippen molar-refractivity contribution in [3.8, 4) is 11.5 Å². The molecule has 2 atom stereocenters. The van der Waals surface area contributed by atoms with Crippen LogP contribution in [0.4, 0.5) is 0 Å². The van der Waals surface area contributed by atoms with Crippen LogP contribution in [0.1, 0.15) is 280 Å². The van der Waals surface area contributed by atoms with E-state index in [0.29, 0.717) is 11.5 Å². The normalized spacial score (nSPS) is 13.3. The molecule has 6 nitrogen and oxygen atoms in total. The van der Waals surface area contributed by atoms with E-state index in [-0.39, 0.29) is 10.8 Å². The van der Waals surface area contributed by atoms with Gasteiger partial charge in [-0.25, -0.2) is 0 Å². The number of phenols is 2. The first-order chi connectivity index (χ1) is 36.7. The molecule has 0 amide bonds. The molecular weight excluding hydrogens is 929 g/mol. The van der Waals surface area contributed by atoms with E-state index < -0.39 is 12.1 Å². The van der Waals surface area contributed by atoms with E-state index >= 15 is 0 Å². The average Bonchev–Trinajstić information content (AvgIpc) is 3.42. The second-order valence-corrected chi connectivity index (χ2v) is 24.6. The molecule has 4 aromatic rings. The first-order valence-corrected chi connectivity index (χ1v) is 31.0. The Kier molecular flexibility index (Phi) is 30.5. The van der Waals surface area contributed by atoms with E-state index in [1.807, 2.05) is 12.4 Å². The molecule has 2 N–H and O–H groups in total. The SMILES string of the molecule is CCCCCCCCN(CCCCCCCC)Cc1cc(C=N[C@H](c2ccccc2)[C@H](N=Cc2cc(CN(CCCCCCCC)CCCCCCCC)cc(C(C)(C)C)c2O)c2ccccc2)c(O)c(C(C)(C)C)c1. The monoisotopic (exact) mass is 1040 g/mol. The second kappa shape index (κ2) is 36.0. The van der Waals surface area contributed by atoms with Crippen molar-refractivity contribution in [1.82, 2.24) is 9.80 Å². The lowest BCUT2D eigenvalue weighted by Gasteiger charge is -2.27. The number of phenolic OH excluding ortho intramolecular Hbond substituents is 2. The lowest BCUT2D eigenvalue weighted by molar-refractivity contribution is 0.252. The fraction of sp³-hybridized carbons (Fsp3) is 0.629. The summed E-state index contributed by atoms with van der Waals surface area (Å²) in [6.07, 6.45) is 34.8. The zero-order valence-electron chi connectivity index (χ0n) is 50.3. The first-order valence-electron chi connectivity index (χ1n) is 31.0. The summed E-state index contributed by atoms with van der Waals surface area (Å²) >= 11 is 0. The lowest BCUT2D eigenvalue weighted by Crippen LogP contribution is -2.26. The maximum Gasteiger partial charge on any atom is 0.128 e. The van der Waals surface area contributed by atoms with E-state index in [9.17, 15) is 10.2 Å². The van der Waals surface area contributed by atoms with Gasteiger partial charge in [-0.2, -0.15) is 0 Å². The Morgan fingerprint density at radius 2 is 0.671 bits per heavy atom. The molecular formula is C70H110N4O2. The maximum atomic E-state index is 12.2. The number of nitrogens with zero attached hydrogens (tertiary/aromatic N) is 4. The molecule has 4 aromatic carbocycles. The maximum absolute atomic E-state index is 12.2. The van der Waals surface area contributed by atoms with Gasteiger partial charge in [-0.15, -0.1) is 0 Å². The number of benzene rings is 4. The molecule has 422 valence electrons. The van der Waals surface area contributed by atoms with Crippen molar-refractivity contribution in [2.45, 2.75) is 259 Å². The molecule has 4 rings (SSSR count). The third kappa shape index (κ3) is 23.8. The molecule has 0 aliphatic carbocycles. The Balaban J connectivity index is 1.77. The predicted octanol–water partition coefficient (Wildman–Crippen LogP) is 19.8. The van der Waals surface area contributed by atoms with E-state index in [1.54, 1.807) is 0 Å². The minimum atomic E-state index is -0.421. The van der Waals surface area contributed by atoms with Gasteiger partial charge < -0.3 is 10.2 Å². The second-order valence-electron chi connectivity index (χ2n) is 24.6. The Morgan fingerprint density at radius 3 is 0.947 bits per heavy atom. The van der Waals surface area contributed by atoms with Gasteiger partial charge in [0.05, 0.1) is 0 Å². The van der Waals surface area contributed by atoms with Crippen LogP contribution in [0.25, 0.3) is 0 Å². The fourth-order valence-corrected chi connectivity index (χ4v) is 10.8. The predicted molar refractivity (Wildman–Crippen MR) is 331 cm³/mol. The number of unbranched alkanes of at least 4 members (excludes halogenated alkanes) is 20. The summed E-state index contributed by atoms with van der Waals surface area (Å²) in [5, 5.41) is 24.4. The van der Waals surface area contributed by atoms with Gasteiger partial charge in [-0.05, 0) is 97.1 Å². The molecule has 0 saturated carbocycles. The van der Waals surface area contributed by atoms with Gasteiger partial charge in [0.15, 0.2) is 0 Å². The molecule has 76 heavy (non-hydrogen) atoms. The third-order valence-corrected chi connectivity index (χ3v) is 15.5. The third-order valence-electron chi connectivity index (χ3n) is 15.5. The number of aliphatic imine (C=N–C) groups is 2. The number of hydrogen-bond acceptors (Lipinski definition) is 6. The number of hydrogen-bond donors (Lipinski definition) is 2. The molecule has 0 fully saturated rings. The van der Waals surface area contributed by atoms with E-state index in [1.165, 1.54) is 165 Å². The standard InChI is InChI=1S/C70H110N4O2/c1-11-15-19-23-27-37-45-73(46-38-28-24-20-16-12-2)55-57-49-61(67(75)63(51-57)69(5,6)7)53-71-65(59-41-33-31-34-42-59)66(60-43-35-32-36-44-60)72-54-62-50-58(52-64(68(62)76)70(8,9)10)56-74(47-39-29-25-21-17-13-3)48-40-30-26-22-18-14-4/h31-36,41-44,49-54,65-66,75-76H,11-30,37-40,45-48,55-56H2,1-10H3/t65-,66-/m1/s1. The largest absolute Gasteiger partial charge is 0.507 e. The van der Waals surface area contributed by atoms with Crippen LogP contribution in [-0.4, -0.2) is 58.6 Å². The van der Waals surface area contributed by atoms with Crippen LogP contribution in [0.2, 0.25) is 0 Å². The van der Waals surface area contributed by atoms with Crippen molar-refractivity contribution in [2.24, 2.45) is 9.98 Å². The highest BCUT2D eigenvalue weighted by Crippen LogP contribution is 2.40. The Morgan fingerprint density at radius 1 is 0.395 bits per heavy atom. The summed E-state index contributed by atoms with van der Waals surface area (Å²) in [5.74, 6) is 0.590. The van der Waals surface area contributed by atoms with E-state index in [0.717, 1.165) is 72.6 Å². The smallest absolute Gasteiger partial charge is 0.128 e. The molecule has 0 saturated heterocycles. The molecule has 0 bridgehead atoms. The van der Waals surface area contributed by atoms with Gasteiger partial charge in [0.1, 0.15) is 23.6 Å². The highest BCUT2D eigenvalue weighted by atomic mass is 16.3. The van der Waals surface area contributed by atoms with Crippen LogP contribution in [0.5, 0.6) is 11.5 Å². The zero-order chi connectivity index (χ0) is 55.0. The molecule has 0 aliphatic heterocycles. The summed E-state index contributed by atoms with van der Waals surface area (Å²) < 4.78 is 0. The molecule has 0 heterocycles. The van der Waals surface area contributed by atoms with Crippen molar-refractivity contribution in [2.75, 3.05) is 26.2 Å². The minimum Gasteiger partial charge on any atom is -0.507 e. The molecule has 0 aromatic heterocycles. The number of rotatable bonds is 39. The van der Waals surface area contributed by atoms with Gasteiger partial charge in [0.25, 0.3) is 0 Å². The van der Waals surface area contributed by atoms with Crippen LogP contribution in [0.3, 0.4) is 0 Å². The molecule has 0 radical (unpaired) electrons. The molecule has 6 heteroatoms. The van der Waals surface area contributed by atoms with Crippen LogP contribution in [0.15, 0.2) is 94.9 Å². The topological polar surface area (TPSA) is 71.7 Å². The Bertz CT molecular complexity index is 2010. The summed E-state index contributed by atoms with van der Waals surface area (Å²) in [4.78, 5) is 16.3. The molecule has 0 unspecified atom stereocenters. The van der Waals surface area contributed by atoms with Crippen LogP contribution in [-0.2, 0) is 23.9 Å². The minimum absolute atomic E-state index is 0.274. The van der Waals surface area contributed by atoms with Crippen LogP contribution in [0, 0.1) is 0 Å². The highest BCUT2D eigenvalue weighted by molar-refractivity contribution is 5.86. The zero-order valence-corrected chi connectivity index (χ0v) is 50.3. The molecule has 0 spiro atoms. The van der Waals surface area contributed by atoms with Gasteiger partial charge in [0.2, 0.25) is 0 Å². The lowest BCUT2D eigenvalue weighted by atomic mass is 9.84. The van der Waals surface area contributed by atoms with E-state index in [2.05, 4.69) is 164 Å². The first kappa shape index (κ1) is 64.3. The van der Waals surface area contributed by atoms with Crippen molar-refractivity contribution in [3.63, 3.8) is 0 Å². The Labute approximate surface area is 466 Å². The van der Waals surface area contributed by atoms with Gasteiger partial charge >= 0.3 is 0 Å². The Hall–Kier alpha value is -4.26. The molecule has 0 aliphatic rings. The van der Waals surface area contributed by atoms with E-state index in [4.69, 9.17) is 9.98 Å². The van der Waals surface area contributed by atoms with Crippen LogP contribution >= 0.6 is 0 Å². The average molecular weight is 1040 g/mol. The van der Waals surface area contributed by atoms with Crippen molar-refractivity contribution in [3.05, 3.63) is 129 Å². The van der Waals surface area contributed by atoms with Crippen molar-refractivity contribution < 1.29 is 10.2 Å². The number of aromatic hydroxyl groups is 2. The fourth-order valence-electron chi connectivity index (χ4n) is 10.8.